The Kier molecular flexibility index (Phi) is 7.57. The molecule has 0 aliphatic carbocycles. The highest BCUT2D eigenvalue weighted by Crippen LogP contribution is 2.25. The number of primary amides is 1. The molecular formula is C24H35N5O4S. The summed E-state index contributed by atoms with van der Waals surface area (Å²) >= 11 is 0. The quantitative estimate of drug-likeness (QED) is 0.610. The van der Waals surface area contributed by atoms with Crippen LogP contribution in [0.15, 0.2) is 23.1 Å². The molecule has 1 aromatic heterocycles. The lowest BCUT2D eigenvalue weighted by Crippen LogP contribution is -2.40. The van der Waals surface area contributed by atoms with Crippen molar-refractivity contribution < 1.29 is 18.0 Å². The van der Waals surface area contributed by atoms with Crippen LogP contribution >= 0.6 is 0 Å². The molecule has 0 radical (unpaired) electrons. The van der Waals surface area contributed by atoms with Gasteiger partial charge in [-0.2, -0.15) is 4.31 Å². The Bertz CT molecular complexity index is 1150. The van der Waals surface area contributed by atoms with E-state index in [1.165, 1.54) is 0 Å². The molecule has 2 N–H and O–H groups in total. The summed E-state index contributed by atoms with van der Waals surface area (Å²) in [4.78, 5) is 30.8. The molecule has 9 nitrogen and oxygen atoms in total. The molecule has 1 aromatic carbocycles. The van der Waals surface area contributed by atoms with Crippen LogP contribution in [0, 0.1) is 5.92 Å². The van der Waals surface area contributed by atoms with Crippen LogP contribution in [-0.4, -0.2) is 65.2 Å². The van der Waals surface area contributed by atoms with Gasteiger partial charge in [0, 0.05) is 52.5 Å². The Labute approximate surface area is 201 Å². The van der Waals surface area contributed by atoms with Crippen molar-refractivity contribution in [3.05, 3.63) is 24.0 Å². The van der Waals surface area contributed by atoms with Gasteiger partial charge in [-0.15, -0.1) is 0 Å². The molecule has 2 aromatic rings. The fraction of sp³-hybridized carbons (Fsp3) is 0.625. The molecule has 34 heavy (non-hydrogen) atoms. The van der Waals surface area contributed by atoms with Gasteiger partial charge < -0.3 is 15.2 Å². The molecule has 1 atom stereocenters. The number of carbonyl (C=O) groups is 2. The number of benzene rings is 1. The minimum Gasteiger partial charge on any atom is -0.370 e. The molecule has 3 heterocycles. The van der Waals surface area contributed by atoms with Crippen molar-refractivity contribution in [1.82, 2.24) is 18.8 Å². The highest BCUT2D eigenvalue weighted by molar-refractivity contribution is 7.89. The van der Waals surface area contributed by atoms with Gasteiger partial charge >= 0.3 is 0 Å². The Balaban J connectivity index is 1.42. The van der Waals surface area contributed by atoms with E-state index in [9.17, 15) is 18.0 Å². The van der Waals surface area contributed by atoms with Gasteiger partial charge in [-0.25, -0.2) is 13.4 Å². The summed E-state index contributed by atoms with van der Waals surface area (Å²) < 4.78 is 29.6. The van der Waals surface area contributed by atoms with E-state index >= 15 is 0 Å². The standard InChI is InChI=1S/C24H35N5O4S/c1-27-21-9-8-19(34(32,33)29-14-3-2-4-15-29)16-20(21)26-23(27)11-12-24(31)28-13-5-6-18(17-28)7-10-22(25)30/h8-9,16,18H,2-7,10-15,17H2,1H3,(H2,25,30). The Hall–Kier alpha value is -2.46. The van der Waals surface area contributed by atoms with E-state index < -0.39 is 10.0 Å². The number of hydrogen-bond donors (Lipinski definition) is 1. The highest BCUT2D eigenvalue weighted by Gasteiger charge is 2.27. The van der Waals surface area contributed by atoms with Gasteiger partial charge in [0.25, 0.3) is 0 Å². The van der Waals surface area contributed by atoms with Gasteiger partial charge in [0.15, 0.2) is 0 Å². The van der Waals surface area contributed by atoms with Gasteiger partial charge in [0.2, 0.25) is 21.8 Å². The molecule has 2 fully saturated rings. The monoisotopic (exact) mass is 489 g/mol. The van der Waals surface area contributed by atoms with Crippen molar-refractivity contribution in [1.29, 1.82) is 0 Å². The first-order valence-corrected chi connectivity index (χ1v) is 13.7. The summed E-state index contributed by atoms with van der Waals surface area (Å²) in [6.07, 6.45) is 6.74. The maximum Gasteiger partial charge on any atom is 0.243 e. The predicted octanol–water partition coefficient (Wildman–Crippen LogP) is 2.18. The molecule has 2 saturated heterocycles. The Morgan fingerprint density at radius 2 is 1.85 bits per heavy atom. The van der Waals surface area contributed by atoms with E-state index in [0.29, 0.717) is 50.3 Å². The molecule has 10 heteroatoms. The van der Waals surface area contributed by atoms with E-state index in [1.54, 1.807) is 22.5 Å². The number of hydrogen-bond acceptors (Lipinski definition) is 5. The van der Waals surface area contributed by atoms with E-state index in [0.717, 1.165) is 56.4 Å². The second-order valence-corrected chi connectivity index (χ2v) is 11.5. The van der Waals surface area contributed by atoms with E-state index in [-0.39, 0.29) is 16.7 Å². The normalized spacial score (nSPS) is 20.0. The molecule has 1 unspecified atom stereocenters. The first kappa shape index (κ1) is 24.7. The average Bonchev–Trinajstić information content (AvgIpc) is 3.16. The zero-order valence-corrected chi connectivity index (χ0v) is 20.7. The summed E-state index contributed by atoms with van der Waals surface area (Å²) in [5, 5.41) is 0. The minimum absolute atomic E-state index is 0.0872. The smallest absolute Gasteiger partial charge is 0.243 e. The molecule has 0 spiro atoms. The van der Waals surface area contributed by atoms with Crippen LogP contribution in [0.25, 0.3) is 11.0 Å². The van der Waals surface area contributed by atoms with Crippen LogP contribution in [0.4, 0.5) is 0 Å². The van der Waals surface area contributed by atoms with Crippen LogP contribution < -0.4 is 5.73 Å². The van der Waals surface area contributed by atoms with E-state index in [4.69, 9.17) is 5.73 Å². The second-order valence-electron chi connectivity index (χ2n) is 9.56. The zero-order valence-electron chi connectivity index (χ0n) is 19.9. The second kappa shape index (κ2) is 10.4. The fourth-order valence-corrected chi connectivity index (χ4v) is 6.66. The molecule has 2 aliphatic heterocycles. The van der Waals surface area contributed by atoms with Crippen LogP contribution in [0.1, 0.15) is 57.2 Å². The van der Waals surface area contributed by atoms with Gasteiger partial charge in [-0.3, -0.25) is 9.59 Å². The summed E-state index contributed by atoms with van der Waals surface area (Å²) in [5.74, 6) is 0.876. The SMILES string of the molecule is Cn1c(CCC(=O)N2CCCC(CCC(N)=O)C2)nc2cc(S(=O)(=O)N3CCCCC3)ccc21. The molecule has 186 valence electrons. The van der Waals surface area contributed by atoms with Crippen molar-refractivity contribution in [3.8, 4) is 0 Å². The summed E-state index contributed by atoms with van der Waals surface area (Å²) in [6.45, 7) is 2.55. The number of carbonyl (C=O) groups excluding carboxylic acids is 2. The summed E-state index contributed by atoms with van der Waals surface area (Å²) in [5.41, 5.74) is 6.75. The number of aromatic nitrogens is 2. The van der Waals surface area contributed by atoms with Gasteiger partial charge in [-0.1, -0.05) is 6.42 Å². The van der Waals surface area contributed by atoms with Crippen LogP contribution in [0.2, 0.25) is 0 Å². The molecule has 0 saturated carbocycles. The average molecular weight is 490 g/mol. The summed E-state index contributed by atoms with van der Waals surface area (Å²) in [7, 11) is -1.62. The number of sulfonamides is 1. The van der Waals surface area contributed by atoms with Gasteiger partial charge in [-0.05, 0) is 56.2 Å². The van der Waals surface area contributed by atoms with Crippen molar-refractivity contribution in [2.75, 3.05) is 26.2 Å². The third kappa shape index (κ3) is 5.43. The van der Waals surface area contributed by atoms with Crippen molar-refractivity contribution >= 4 is 32.9 Å². The lowest BCUT2D eigenvalue weighted by molar-refractivity contribution is -0.133. The predicted molar refractivity (Wildman–Crippen MR) is 129 cm³/mol. The molecule has 2 amide bonds. The Morgan fingerprint density at radius 3 is 2.59 bits per heavy atom. The lowest BCUT2D eigenvalue weighted by atomic mass is 9.93. The van der Waals surface area contributed by atoms with Crippen LogP contribution in [0.5, 0.6) is 0 Å². The number of nitrogens with two attached hydrogens (primary N) is 1. The summed E-state index contributed by atoms with van der Waals surface area (Å²) in [6, 6.07) is 5.11. The first-order chi connectivity index (χ1) is 16.3. The van der Waals surface area contributed by atoms with E-state index in [2.05, 4.69) is 4.98 Å². The van der Waals surface area contributed by atoms with Gasteiger partial charge in [0.05, 0.1) is 15.9 Å². The third-order valence-electron chi connectivity index (χ3n) is 7.13. The number of aryl methyl sites for hydroxylation is 2. The number of nitrogens with zero attached hydrogens (tertiary/aromatic N) is 4. The van der Waals surface area contributed by atoms with Crippen LogP contribution in [0.3, 0.4) is 0 Å². The number of amides is 2. The minimum atomic E-state index is -3.52. The van der Waals surface area contributed by atoms with Crippen molar-refractivity contribution in [2.24, 2.45) is 18.7 Å². The highest BCUT2D eigenvalue weighted by atomic mass is 32.2. The number of fused-ring (bicyclic) bond motifs is 1. The topological polar surface area (TPSA) is 119 Å². The molecule has 0 bridgehead atoms. The number of rotatable bonds is 8. The van der Waals surface area contributed by atoms with Gasteiger partial charge in [0.1, 0.15) is 5.82 Å². The lowest BCUT2D eigenvalue weighted by Gasteiger charge is -2.32. The maximum absolute atomic E-state index is 13.0. The van der Waals surface area contributed by atoms with Crippen molar-refractivity contribution in [2.45, 2.75) is 62.7 Å². The maximum atomic E-state index is 13.0. The first-order valence-electron chi connectivity index (χ1n) is 12.3. The number of piperidine rings is 2. The number of likely N-dealkylation sites (tertiary alicyclic amines) is 1. The molecule has 4 rings (SSSR count). The van der Waals surface area contributed by atoms with Crippen LogP contribution in [-0.2, 0) is 33.1 Å². The van der Waals surface area contributed by atoms with Crippen molar-refractivity contribution in [3.63, 3.8) is 0 Å². The number of imidazole rings is 1. The largest absolute Gasteiger partial charge is 0.370 e. The Morgan fingerprint density at radius 1 is 1.09 bits per heavy atom. The molecular weight excluding hydrogens is 454 g/mol. The molecule has 2 aliphatic rings. The third-order valence-corrected chi connectivity index (χ3v) is 9.03. The zero-order chi connectivity index (χ0) is 24.3. The van der Waals surface area contributed by atoms with E-state index in [1.807, 2.05) is 16.5 Å². The fourth-order valence-electron chi connectivity index (χ4n) is 5.12.